The fourth-order valence-corrected chi connectivity index (χ4v) is 3.48. The monoisotopic (exact) mass is 250 g/mol. The predicted octanol–water partition coefficient (Wildman–Crippen LogP) is 3.18. The molecule has 2 fully saturated rings. The standard InChI is InChI=1S/C15H22O3/c1-9-11-6-7-12(16)10(2)14(11)15(9)18-13-5-3-4-8-17-13/h6-7,9,11,13-16H,3-5,8H2,1-2H3/t9-,11-,13?,14-,15+/m0/s1. The highest BCUT2D eigenvalue weighted by atomic mass is 16.7. The number of aliphatic hydroxyl groups excluding tert-OH is 1. The van der Waals surface area contributed by atoms with Gasteiger partial charge in [-0.3, -0.25) is 0 Å². The van der Waals surface area contributed by atoms with Gasteiger partial charge in [-0.2, -0.15) is 0 Å². The fourth-order valence-electron chi connectivity index (χ4n) is 3.48. The molecule has 0 spiro atoms. The third-order valence-electron chi connectivity index (χ3n) is 4.72. The van der Waals surface area contributed by atoms with E-state index in [1.165, 1.54) is 6.42 Å². The van der Waals surface area contributed by atoms with Gasteiger partial charge < -0.3 is 14.6 Å². The van der Waals surface area contributed by atoms with Gasteiger partial charge in [-0.1, -0.05) is 13.0 Å². The number of fused-ring (bicyclic) bond motifs is 1. The molecule has 1 saturated heterocycles. The van der Waals surface area contributed by atoms with Crippen molar-refractivity contribution in [3.63, 3.8) is 0 Å². The summed E-state index contributed by atoms with van der Waals surface area (Å²) >= 11 is 0. The first-order valence-corrected chi connectivity index (χ1v) is 7.03. The molecule has 0 amide bonds. The maximum Gasteiger partial charge on any atom is 0.157 e. The third-order valence-corrected chi connectivity index (χ3v) is 4.72. The molecule has 5 atom stereocenters. The van der Waals surface area contributed by atoms with Gasteiger partial charge >= 0.3 is 0 Å². The SMILES string of the molecule is CC1=C(O)C=C[C@H]2[C@H](C)[C@@H](OC3CCCCO3)[C@@H]12. The minimum Gasteiger partial charge on any atom is -0.508 e. The number of hydrogen-bond donors (Lipinski definition) is 1. The molecular weight excluding hydrogens is 228 g/mol. The summed E-state index contributed by atoms with van der Waals surface area (Å²) in [7, 11) is 0. The number of hydrogen-bond acceptors (Lipinski definition) is 3. The number of allylic oxidation sites excluding steroid dienone is 2. The molecular formula is C15H22O3. The average molecular weight is 250 g/mol. The van der Waals surface area contributed by atoms with Gasteiger partial charge in [0.2, 0.25) is 0 Å². The topological polar surface area (TPSA) is 38.7 Å². The molecule has 0 aromatic carbocycles. The third kappa shape index (κ3) is 1.90. The van der Waals surface area contributed by atoms with E-state index in [0.717, 1.165) is 25.0 Å². The van der Waals surface area contributed by atoms with Crippen molar-refractivity contribution in [2.45, 2.75) is 45.5 Å². The second-order valence-electron chi connectivity index (χ2n) is 5.79. The highest BCUT2D eigenvalue weighted by molar-refractivity contribution is 5.32. The highest BCUT2D eigenvalue weighted by Crippen LogP contribution is 2.50. The Morgan fingerprint density at radius 3 is 2.94 bits per heavy atom. The Balaban J connectivity index is 1.68. The van der Waals surface area contributed by atoms with Gasteiger partial charge in [0.25, 0.3) is 0 Å². The van der Waals surface area contributed by atoms with Crippen molar-refractivity contribution < 1.29 is 14.6 Å². The van der Waals surface area contributed by atoms with Gasteiger partial charge in [0, 0.05) is 12.5 Å². The lowest BCUT2D eigenvalue weighted by atomic mass is 9.58. The zero-order valence-electron chi connectivity index (χ0n) is 11.1. The molecule has 1 unspecified atom stereocenters. The Morgan fingerprint density at radius 1 is 1.39 bits per heavy atom. The second-order valence-corrected chi connectivity index (χ2v) is 5.79. The molecule has 0 radical (unpaired) electrons. The Hall–Kier alpha value is -0.800. The van der Waals surface area contributed by atoms with Crippen LogP contribution in [0.25, 0.3) is 0 Å². The first-order valence-electron chi connectivity index (χ1n) is 7.03. The largest absolute Gasteiger partial charge is 0.508 e. The molecule has 1 heterocycles. The van der Waals surface area contributed by atoms with Crippen LogP contribution >= 0.6 is 0 Å². The molecule has 3 heteroatoms. The van der Waals surface area contributed by atoms with Gasteiger partial charge in [0.1, 0.15) is 5.76 Å². The van der Waals surface area contributed by atoms with E-state index in [-0.39, 0.29) is 12.4 Å². The lowest BCUT2D eigenvalue weighted by Gasteiger charge is -2.52. The Bertz CT molecular complexity index is 379. The van der Waals surface area contributed by atoms with Gasteiger partial charge in [0.15, 0.2) is 6.29 Å². The van der Waals surface area contributed by atoms with Crippen molar-refractivity contribution >= 4 is 0 Å². The Kier molecular flexibility index (Phi) is 3.20. The van der Waals surface area contributed by atoms with Crippen LogP contribution in [-0.4, -0.2) is 24.1 Å². The summed E-state index contributed by atoms with van der Waals surface area (Å²) in [5, 5.41) is 9.82. The average Bonchev–Trinajstić information content (AvgIpc) is 2.40. The maximum absolute atomic E-state index is 9.82. The number of ether oxygens (including phenoxy) is 2. The minimum absolute atomic E-state index is 0.0343. The summed E-state index contributed by atoms with van der Waals surface area (Å²) in [6.45, 7) is 5.06. The molecule has 1 N–H and O–H groups in total. The summed E-state index contributed by atoms with van der Waals surface area (Å²) in [6.07, 6.45) is 7.47. The summed E-state index contributed by atoms with van der Waals surface area (Å²) < 4.78 is 11.8. The van der Waals surface area contributed by atoms with Crippen molar-refractivity contribution in [3.8, 4) is 0 Å². The normalized spacial score (nSPS) is 43.6. The van der Waals surface area contributed by atoms with Crippen LogP contribution in [0.4, 0.5) is 0 Å². The van der Waals surface area contributed by atoms with Crippen molar-refractivity contribution in [2.24, 2.45) is 17.8 Å². The van der Waals surface area contributed by atoms with Crippen LogP contribution in [0.3, 0.4) is 0 Å². The van der Waals surface area contributed by atoms with E-state index in [2.05, 4.69) is 13.0 Å². The summed E-state index contributed by atoms with van der Waals surface area (Å²) in [5.74, 6) is 1.80. The molecule has 1 aliphatic heterocycles. The van der Waals surface area contributed by atoms with Crippen molar-refractivity contribution in [2.75, 3.05) is 6.61 Å². The van der Waals surface area contributed by atoms with Crippen LogP contribution in [0.1, 0.15) is 33.1 Å². The molecule has 2 aliphatic carbocycles. The first kappa shape index (κ1) is 12.2. The lowest BCUT2D eigenvalue weighted by Crippen LogP contribution is -2.53. The summed E-state index contributed by atoms with van der Waals surface area (Å²) in [5.41, 5.74) is 1.07. The number of rotatable bonds is 2. The van der Waals surface area contributed by atoms with Gasteiger partial charge in [-0.05, 0) is 49.7 Å². The molecule has 3 nitrogen and oxygen atoms in total. The van der Waals surface area contributed by atoms with Crippen molar-refractivity contribution in [1.82, 2.24) is 0 Å². The minimum atomic E-state index is -0.0343. The van der Waals surface area contributed by atoms with Gasteiger partial charge in [0.05, 0.1) is 6.10 Å². The van der Waals surface area contributed by atoms with E-state index in [1.807, 2.05) is 13.0 Å². The molecule has 0 aromatic heterocycles. The van der Waals surface area contributed by atoms with E-state index in [0.29, 0.717) is 23.5 Å². The summed E-state index contributed by atoms with van der Waals surface area (Å²) in [4.78, 5) is 0. The highest BCUT2D eigenvalue weighted by Gasteiger charge is 2.50. The van der Waals surface area contributed by atoms with E-state index >= 15 is 0 Å². The zero-order chi connectivity index (χ0) is 12.7. The van der Waals surface area contributed by atoms with Crippen LogP contribution in [0.5, 0.6) is 0 Å². The maximum atomic E-state index is 9.82. The fraction of sp³-hybridized carbons (Fsp3) is 0.733. The molecule has 1 saturated carbocycles. The van der Waals surface area contributed by atoms with Crippen molar-refractivity contribution in [3.05, 3.63) is 23.5 Å². The van der Waals surface area contributed by atoms with E-state index in [4.69, 9.17) is 9.47 Å². The molecule has 0 aromatic rings. The smallest absolute Gasteiger partial charge is 0.157 e. The van der Waals surface area contributed by atoms with Gasteiger partial charge in [-0.15, -0.1) is 0 Å². The van der Waals surface area contributed by atoms with E-state index in [1.54, 1.807) is 0 Å². The lowest BCUT2D eigenvalue weighted by molar-refractivity contribution is -0.237. The van der Waals surface area contributed by atoms with E-state index in [9.17, 15) is 5.11 Å². The molecule has 18 heavy (non-hydrogen) atoms. The first-order chi connectivity index (χ1) is 8.68. The van der Waals surface area contributed by atoms with E-state index < -0.39 is 0 Å². The molecule has 100 valence electrons. The zero-order valence-corrected chi connectivity index (χ0v) is 11.1. The van der Waals surface area contributed by atoms with Crippen LogP contribution < -0.4 is 0 Å². The van der Waals surface area contributed by atoms with Crippen molar-refractivity contribution in [1.29, 1.82) is 0 Å². The quantitative estimate of drug-likeness (QED) is 0.818. The van der Waals surface area contributed by atoms with Crippen LogP contribution in [0.15, 0.2) is 23.5 Å². The van der Waals surface area contributed by atoms with Crippen LogP contribution in [0, 0.1) is 17.8 Å². The molecule has 0 bridgehead atoms. The number of aliphatic hydroxyl groups is 1. The second kappa shape index (κ2) is 4.71. The Morgan fingerprint density at radius 2 is 2.22 bits per heavy atom. The van der Waals surface area contributed by atoms with Crippen LogP contribution in [-0.2, 0) is 9.47 Å². The predicted molar refractivity (Wildman–Crippen MR) is 69.1 cm³/mol. The molecule has 3 rings (SSSR count). The van der Waals surface area contributed by atoms with Gasteiger partial charge in [-0.25, -0.2) is 0 Å². The summed E-state index contributed by atoms with van der Waals surface area (Å²) in [6, 6.07) is 0. The molecule has 3 aliphatic rings. The Labute approximate surface area is 108 Å². The van der Waals surface area contributed by atoms with Crippen LogP contribution in [0.2, 0.25) is 0 Å².